The van der Waals surface area contributed by atoms with Gasteiger partial charge in [-0.3, -0.25) is 0 Å². The van der Waals surface area contributed by atoms with Crippen molar-refractivity contribution in [1.82, 2.24) is 10.2 Å². The first-order valence-corrected chi connectivity index (χ1v) is 5.11. The van der Waals surface area contributed by atoms with Crippen LogP contribution in [0.1, 0.15) is 33.1 Å². The van der Waals surface area contributed by atoms with Crippen LogP contribution in [0.4, 0.5) is 4.79 Å². The van der Waals surface area contributed by atoms with Crippen molar-refractivity contribution in [2.24, 2.45) is 5.92 Å². The summed E-state index contributed by atoms with van der Waals surface area (Å²) in [7, 11) is 1.86. The zero-order valence-electron chi connectivity index (χ0n) is 8.84. The lowest BCUT2D eigenvalue weighted by Gasteiger charge is -2.19. The molecule has 0 bridgehead atoms. The van der Waals surface area contributed by atoms with Crippen LogP contribution in [0.3, 0.4) is 0 Å². The lowest BCUT2D eigenvalue weighted by Crippen LogP contribution is -2.41. The standard InChI is InChI=1S/C10H20N2O/c1-8(2)11-10(13)12(3)7-6-9-4-5-9/h8-9H,4-7H2,1-3H3,(H,11,13). The largest absolute Gasteiger partial charge is 0.336 e. The summed E-state index contributed by atoms with van der Waals surface area (Å²) in [6, 6.07) is 0.284. The normalized spacial score (nSPS) is 16.0. The Balaban J connectivity index is 2.12. The topological polar surface area (TPSA) is 32.3 Å². The highest BCUT2D eigenvalue weighted by Crippen LogP contribution is 2.32. The van der Waals surface area contributed by atoms with E-state index in [0.717, 1.165) is 12.5 Å². The Kier molecular flexibility index (Phi) is 3.58. The van der Waals surface area contributed by atoms with Crippen LogP contribution >= 0.6 is 0 Å². The molecule has 0 aliphatic heterocycles. The zero-order chi connectivity index (χ0) is 9.84. The van der Waals surface area contributed by atoms with Gasteiger partial charge in [-0.15, -0.1) is 0 Å². The Labute approximate surface area is 80.5 Å². The van der Waals surface area contributed by atoms with Gasteiger partial charge in [0.2, 0.25) is 0 Å². The van der Waals surface area contributed by atoms with Crippen molar-refractivity contribution in [1.29, 1.82) is 0 Å². The minimum Gasteiger partial charge on any atom is -0.336 e. The van der Waals surface area contributed by atoms with Crippen molar-refractivity contribution in [3.05, 3.63) is 0 Å². The minimum absolute atomic E-state index is 0.0515. The number of nitrogens with one attached hydrogen (secondary N) is 1. The molecule has 2 amide bonds. The van der Waals surface area contributed by atoms with E-state index < -0.39 is 0 Å². The van der Waals surface area contributed by atoms with Crippen molar-refractivity contribution in [2.45, 2.75) is 39.2 Å². The quantitative estimate of drug-likeness (QED) is 0.710. The van der Waals surface area contributed by atoms with Gasteiger partial charge in [-0.1, -0.05) is 12.8 Å². The highest BCUT2D eigenvalue weighted by Gasteiger charge is 2.22. The van der Waals surface area contributed by atoms with E-state index in [2.05, 4.69) is 5.32 Å². The maximum absolute atomic E-state index is 11.4. The van der Waals surface area contributed by atoms with Gasteiger partial charge in [-0.2, -0.15) is 0 Å². The molecule has 1 aliphatic rings. The first-order chi connectivity index (χ1) is 6.09. The second kappa shape index (κ2) is 4.49. The van der Waals surface area contributed by atoms with E-state index >= 15 is 0 Å². The molecule has 1 saturated carbocycles. The van der Waals surface area contributed by atoms with Crippen molar-refractivity contribution in [3.8, 4) is 0 Å². The number of carbonyl (C=O) groups excluding carboxylic acids is 1. The molecule has 1 N–H and O–H groups in total. The maximum atomic E-state index is 11.4. The Hall–Kier alpha value is -0.730. The van der Waals surface area contributed by atoms with E-state index in [1.54, 1.807) is 4.90 Å². The van der Waals surface area contributed by atoms with Crippen molar-refractivity contribution in [3.63, 3.8) is 0 Å². The van der Waals surface area contributed by atoms with E-state index in [-0.39, 0.29) is 12.1 Å². The number of carbonyl (C=O) groups is 1. The van der Waals surface area contributed by atoms with Crippen LogP contribution in [0.5, 0.6) is 0 Å². The third kappa shape index (κ3) is 4.15. The summed E-state index contributed by atoms with van der Waals surface area (Å²) in [5.74, 6) is 0.897. The van der Waals surface area contributed by atoms with Crippen LogP contribution in [0.15, 0.2) is 0 Å². The number of hydrogen-bond acceptors (Lipinski definition) is 1. The van der Waals surface area contributed by atoms with Crippen molar-refractivity contribution >= 4 is 6.03 Å². The Bertz CT molecular complexity index is 176. The number of nitrogens with zero attached hydrogens (tertiary/aromatic N) is 1. The number of urea groups is 1. The van der Waals surface area contributed by atoms with E-state index in [9.17, 15) is 4.79 Å². The Morgan fingerprint density at radius 2 is 2.15 bits per heavy atom. The molecule has 1 rings (SSSR count). The number of rotatable bonds is 4. The van der Waals surface area contributed by atoms with E-state index in [1.807, 2.05) is 20.9 Å². The van der Waals surface area contributed by atoms with Gasteiger partial charge < -0.3 is 10.2 Å². The summed E-state index contributed by atoms with van der Waals surface area (Å²) < 4.78 is 0. The molecule has 0 spiro atoms. The predicted molar refractivity (Wildman–Crippen MR) is 53.6 cm³/mol. The van der Waals surface area contributed by atoms with Gasteiger partial charge in [0.25, 0.3) is 0 Å². The van der Waals surface area contributed by atoms with Crippen LogP contribution in [0.2, 0.25) is 0 Å². The monoisotopic (exact) mass is 184 g/mol. The van der Waals surface area contributed by atoms with Gasteiger partial charge in [0, 0.05) is 19.6 Å². The molecule has 0 radical (unpaired) electrons. The van der Waals surface area contributed by atoms with Gasteiger partial charge in [-0.05, 0) is 26.2 Å². The molecule has 0 heterocycles. The molecule has 3 heteroatoms. The highest BCUT2D eigenvalue weighted by atomic mass is 16.2. The van der Waals surface area contributed by atoms with Crippen LogP contribution < -0.4 is 5.32 Å². The fraction of sp³-hybridized carbons (Fsp3) is 0.900. The van der Waals surface area contributed by atoms with Crippen LogP contribution in [0.25, 0.3) is 0 Å². The smallest absolute Gasteiger partial charge is 0.317 e. The molecule has 76 valence electrons. The van der Waals surface area contributed by atoms with Crippen LogP contribution in [-0.2, 0) is 0 Å². The van der Waals surface area contributed by atoms with Gasteiger partial charge >= 0.3 is 6.03 Å². The lowest BCUT2D eigenvalue weighted by atomic mass is 10.3. The molecule has 0 aromatic heterocycles. The van der Waals surface area contributed by atoms with E-state index in [1.165, 1.54) is 19.3 Å². The SMILES string of the molecule is CC(C)NC(=O)N(C)CCC1CC1. The molecule has 0 aromatic carbocycles. The third-order valence-corrected chi connectivity index (χ3v) is 2.33. The molecule has 13 heavy (non-hydrogen) atoms. The fourth-order valence-electron chi connectivity index (χ4n) is 1.24. The van der Waals surface area contributed by atoms with Crippen molar-refractivity contribution < 1.29 is 4.79 Å². The second-order valence-electron chi connectivity index (χ2n) is 4.26. The van der Waals surface area contributed by atoms with Gasteiger partial charge in [-0.25, -0.2) is 4.79 Å². The summed E-state index contributed by atoms with van der Waals surface area (Å²) in [4.78, 5) is 13.2. The van der Waals surface area contributed by atoms with Crippen LogP contribution in [-0.4, -0.2) is 30.6 Å². The second-order valence-corrected chi connectivity index (χ2v) is 4.26. The number of amides is 2. The third-order valence-electron chi connectivity index (χ3n) is 2.33. The summed E-state index contributed by atoms with van der Waals surface area (Å²) in [5, 5.41) is 2.87. The summed E-state index contributed by atoms with van der Waals surface area (Å²) in [6.07, 6.45) is 3.89. The maximum Gasteiger partial charge on any atom is 0.317 e. The summed E-state index contributed by atoms with van der Waals surface area (Å²) in [5.41, 5.74) is 0. The average molecular weight is 184 g/mol. The lowest BCUT2D eigenvalue weighted by molar-refractivity contribution is 0.205. The van der Waals surface area contributed by atoms with Crippen LogP contribution in [0, 0.1) is 5.92 Å². The molecule has 0 atom stereocenters. The average Bonchev–Trinajstić information content (AvgIpc) is 2.81. The predicted octanol–water partition coefficient (Wildman–Crippen LogP) is 1.84. The number of hydrogen-bond donors (Lipinski definition) is 1. The first kappa shape index (κ1) is 10.4. The molecular formula is C10H20N2O. The van der Waals surface area contributed by atoms with Gasteiger partial charge in [0.15, 0.2) is 0 Å². The summed E-state index contributed by atoms with van der Waals surface area (Å²) in [6.45, 7) is 4.85. The molecule has 3 nitrogen and oxygen atoms in total. The molecule has 0 unspecified atom stereocenters. The van der Waals surface area contributed by atoms with Crippen molar-refractivity contribution in [2.75, 3.05) is 13.6 Å². The van der Waals surface area contributed by atoms with Gasteiger partial charge in [0.05, 0.1) is 0 Å². The summed E-state index contributed by atoms with van der Waals surface area (Å²) >= 11 is 0. The molecule has 0 aromatic rings. The molecule has 1 aliphatic carbocycles. The zero-order valence-corrected chi connectivity index (χ0v) is 8.84. The first-order valence-electron chi connectivity index (χ1n) is 5.11. The molecular weight excluding hydrogens is 164 g/mol. The van der Waals surface area contributed by atoms with E-state index in [4.69, 9.17) is 0 Å². The molecule has 1 fully saturated rings. The van der Waals surface area contributed by atoms with Gasteiger partial charge in [0.1, 0.15) is 0 Å². The highest BCUT2D eigenvalue weighted by molar-refractivity contribution is 5.74. The Morgan fingerprint density at radius 3 is 2.62 bits per heavy atom. The molecule has 0 saturated heterocycles. The van der Waals surface area contributed by atoms with E-state index in [0.29, 0.717) is 0 Å². The fourth-order valence-corrected chi connectivity index (χ4v) is 1.24. The minimum atomic E-state index is 0.0515. The Morgan fingerprint density at radius 1 is 1.54 bits per heavy atom.